The zero-order chi connectivity index (χ0) is 17.2. The number of ether oxygens (including phenoxy) is 1. The SMILES string of the molecule is CCNC(=NCc1nccn1C(F)F)NCCOc1ccccc1. The molecule has 0 radical (unpaired) electrons. The number of guanidine groups is 1. The van der Waals surface area contributed by atoms with Crippen LogP contribution in [0.3, 0.4) is 0 Å². The van der Waals surface area contributed by atoms with Crippen LogP contribution in [0.25, 0.3) is 0 Å². The second kappa shape index (κ2) is 9.49. The van der Waals surface area contributed by atoms with Gasteiger partial charge in [0, 0.05) is 18.9 Å². The van der Waals surface area contributed by atoms with E-state index in [4.69, 9.17) is 4.74 Å². The summed E-state index contributed by atoms with van der Waals surface area (Å²) in [5, 5.41) is 6.14. The molecule has 0 spiro atoms. The van der Waals surface area contributed by atoms with Gasteiger partial charge in [-0.15, -0.1) is 0 Å². The summed E-state index contributed by atoms with van der Waals surface area (Å²) in [6.07, 6.45) is 2.58. The first kappa shape index (κ1) is 17.7. The summed E-state index contributed by atoms with van der Waals surface area (Å²) in [5.41, 5.74) is 0. The van der Waals surface area contributed by atoms with Gasteiger partial charge in [-0.25, -0.2) is 9.98 Å². The van der Waals surface area contributed by atoms with Crippen LogP contribution in [0.4, 0.5) is 8.78 Å². The summed E-state index contributed by atoms with van der Waals surface area (Å²) in [6, 6.07) is 9.48. The lowest BCUT2D eigenvalue weighted by Crippen LogP contribution is -2.39. The highest BCUT2D eigenvalue weighted by Crippen LogP contribution is 2.12. The lowest BCUT2D eigenvalue weighted by Gasteiger charge is -2.12. The molecule has 0 saturated heterocycles. The summed E-state index contributed by atoms with van der Waals surface area (Å²) in [4.78, 5) is 8.17. The molecule has 0 unspecified atom stereocenters. The Morgan fingerprint density at radius 2 is 2.08 bits per heavy atom. The third-order valence-electron chi connectivity index (χ3n) is 3.09. The van der Waals surface area contributed by atoms with Gasteiger partial charge in [-0.2, -0.15) is 8.78 Å². The van der Waals surface area contributed by atoms with Crippen molar-refractivity contribution in [3.8, 4) is 5.75 Å². The Morgan fingerprint density at radius 1 is 1.29 bits per heavy atom. The van der Waals surface area contributed by atoms with Crippen molar-refractivity contribution in [1.29, 1.82) is 0 Å². The number of rotatable bonds is 8. The van der Waals surface area contributed by atoms with E-state index in [9.17, 15) is 8.78 Å². The third kappa shape index (κ3) is 5.53. The number of halogens is 2. The van der Waals surface area contributed by atoms with Crippen LogP contribution in [-0.4, -0.2) is 35.2 Å². The predicted molar refractivity (Wildman–Crippen MR) is 88.2 cm³/mol. The van der Waals surface area contributed by atoms with Gasteiger partial charge in [0.05, 0.1) is 6.54 Å². The van der Waals surface area contributed by atoms with Gasteiger partial charge in [-0.3, -0.25) is 4.57 Å². The molecule has 8 heteroatoms. The van der Waals surface area contributed by atoms with Crippen LogP contribution < -0.4 is 15.4 Å². The number of hydrogen-bond acceptors (Lipinski definition) is 3. The first-order valence-electron chi connectivity index (χ1n) is 7.70. The van der Waals surface area contributed by atoms with Crippen LogP contribution in [0.15, 0.2) is 47.7 Å². The Labute approximate surface area is 139 Å². The van der Waals surface area contributed by atoms with Crippen molar-refractivity contribution in [2.75, 3.05) is 19.7 Å². The molecule has 2 aromatic rings. The molecule has 2 N–H and O–H groups in total. The Morgan fingerprint density at radius 3 is 2.79 bits per heavy atom. The second-order valence-corrected chi connectivity index (χ2v) is 4.81. The van der Waals surface area contributed by atoms with Crippen LogP contribution in [-0.2, 0) is 6.54 Å². The fourth-order valence-corrected chi connectivity index (χ4v) is 1.99. The van der Waals surface area contributed by atoms with Gasteiger partial charge in [-0.1, -0.05) is 18.2 Å². The number of aliphatic imine (C=N–C) groups is 1. The maximum absolute atomic E-state index is 12.8. The highest BCUT2D eigenvalue weighted by atomic mass is 19.3. The molecule has 0 amide bonds. The van der Waals surface area contributed by atoms with Gasteiger partial charge in [-0.05, 0) is 19.1 Å². The maximum atomic E-state index is 12.8. The Balaban J connectivity index is 1.83. The van der Waals surface area contributed by atoms with Crippen molar-refractivity contribution in [2.45, 2.75) is 20.0 Å². The fourth-order valence-electron chi connectivity index (χ4n) is 1.99. The van der Waals surface area contributed by atoms with Crippen molar-refractivity contribution in [3.63, 3.8) is 0 Å². The summed E-state index contributed by atoms with van der Waals surface area (Å²) in [5.74, 6) is 1.53. The molecule has 0 aliphatic rings. The van der Waals surface area contributed by atoms with Gasteiger partial charge in [0.25, 0.3) is 0 Å². The van der Waals surface area contributed by atoms with Crippen molar-refractivity contribution in [1.82, 2.24) is 20.2 Å². The lowest BCUT2D eigenvalue weighted by atomic mass is 10.3. The monoisotopic (exact) mass is 337 g/mol. The number of nitrogens with zero attached hydrogens (tertiary/aromatic N) is 3. The highest BCUT2D eigenvalue weighted by molar-refractivity contribution is 5.79. The minimum Gasteiger partial charge on any atom is -0.492 e. The number of imidazole rings is 1. The van der Waals surface area contributed by atoms with E-state index in [1.54, 1.807) is 0 Å². The first-order valence-corrected chi connectivity index (χ1v) is 7.70. The summed E-state index contributed by atoms with van der Waals surface area (Å²) in [7, 11) is 0. The zero-order valence-electron chi connectivity index (χ0n) is 13.5. The molecule has 0 bridgehead atoms. The summed E-state index contributed by atoms with van der Waals surface area (Å²) in [6.45, 7) is 1.02. The average molecular weight is 337 g/mol. The van der Waals surface area contributed by atoms with Gasteiger partial charge in [0.1, 0.15) is 24.7 Å². The zero-order valence-corrected chi connectivity index (χ0v) is 13.5. The van der Waals surface area contributed by atoms with Crippen LogP contribution in [0, 0.1) is 0 Å². The molecule has 1 aromatic carbocycles. The third-order valence-corrected chi connectivity index (χ3v) is 3.09. The lowest BCUT2D eigenvalue weighted by molar-refractivity contribution is 0.0671. The van der Waals surface area contributed by atoms with E-state index in [1.165, 1.54) is 12.4 Å². The highest BCUT2D eigenvalue weighted by Gasteiger charge is 2.10. The molecular formula is C16H21F2N5O. The number of hydrogen-bond donors (Lipinski definition) is 2. The number of aromatic nitrogens is 2. The molecule has 130 valence electrons. The normalized spacial score (nSPS) is 11.6. The molecule has 2 rings (SSSR count). The van der Waals surface area contributed by atoms with Crippen molar-refractivity contribution < 1.29 is 13.5 Å². The number of benzene rings is 1. The van der Waals surface area contributed by atoms with E-state index in [0.717, 1.165) is 10.3 Å². The first-order chi connectivity index (χ1) is 11.7. The number of alkyl halides is 2. The van der Waals surface area contributed by atoms with E-state index in [0.29, 0.717) is 25.7 Å². The molecule has 0 fully saturated rings. The van der Waals surface area contributed by atoms with Gasteiger partial charge >= 0.3 is 6.55 Å². The summed E-state index contributed by atoms with van der Waals surface area (Å²) >= 11 is 0. The molecular weight excluding hydrogens is 316 g/mol. The van der Waals surface area contributed by atoms with Crippen LogP contribution in [0.5, 0.6) is 5.75 Å². The summed E-state index contributed by atoms with van der Waals surface area (Å²) < 4.78 is 31.9. The largest absolute Gasteiger partial charge is 0.492 e. The van der Waals surface area contributed by atoms with Gasteiger partial charge < -0.3 is 15.4 Å². The molecule has 0 saturated carbocycles. The minimum absolute atomic E-state index is 0.0617. The molecule has 24 heavy (non-hydrogen) atoms. The molecule has 0 aliphatic heterocycles. The van der Waals surface area contributed by atoms with Crippen LogP contribution >= 0.6 is 0 Å². The van der Waals surface area contributed by atoms with Crippen molar-refractivity contribution in [3.05, 3.63) is 48.5 Å². The number of para-hydroxylation sites is 1. The Kier molecular flexibility index (Phi) is 7.00. The smallest absolute Gasteiger partial charge is 0.319 e. The molecule has 6 nitrogen and oxygen atoms in total. The van der Waals surface area contributed by atoms with E-state index >= 15 is 0 Å². The minimum atomic E-state index is -2.62. The average Bonchev–Trinajstić information content (AvgIpc) is 3.06. The second-order valence-electron chi connectivity index (χ2n) is 4.81. The molecule has 1 aromatic heterocycles. The molecule has 0 atom stereocenters. The van der Waals surface area contributed by atoms with Crippen LogP contribution in [0.1, 0.15) is 19.3 Å². The van der Waals surface area contributed by atoms with Crippen molar-refractivity contribution >= 4 is 5.96 Å². The Bertz CT molecular complexity index is 630. The molecule has 1 heterocycles. The van der Waals surface area contributed by atoms with E-state index in [1.807, 2.05) is 37.3 Å². The quantitative estimate of drug-likeness (QED) is 0.441. The predicted octanol–water partition coefficient (Wildman–Crippen LogP) is 2.41. The van der Waals surface area contributed by atoms with Crippen LogP contribution in [0.2, 0.25) is 0 Å². The van der Waals surface area contributed by atoms with E-state index in [2.05, 4.69) is 20.6 Å². The van der Waals surface area contributed by atoms with E-state index < -0.39 is 6.55 Å². The van der Waals surface area contributed by atoms with Gasteiger partial charge in [0.15, 0.2) is 5.96 Å². The standard InChI is InChI=1S/C16H21F2N5O/c1-2-19-16(21-9-11-24-13-6-4-3-5-7-13)22-12-14-20-8-10-23(14)15(17)18/h3-8,10,15H,2,9,11-12H2,1H3,(H2,19,21,22). The fraction of sp³-hybridized carbons (Fsp3) is 0.375. The number of nitrogens with one attached hydrogen (secondary N) is 2. The Hall–Kier alpha value is -2.64. The van der Waals surface area contributed by atoms with E-state index in [-0.39, 0.29) is 12.4 Å². The molecule has 0 aliphatic carbocycles. The van der Waals surface area contributed by atoms with Gasteiger partial charge in [0.2, 0.25) is 0 Å². The maximum Gasteiger partial charge on any atom is 0.319 e. The topological polar surface area (TPSA) is 63.5 Å². The van der Waals surface area contributed by atoms with Crippen molar-refractivity contribution in [2.24, 2.45) is 4.99 Å².